The number of aliphatic hydroxyl groups is 1. The van der Waals surface area contributed by atoms with E-state index in [4.69, 9.17) is 5.11 Å². The van der Waals surface area contributed by atoms with E-state index >= 15 is 0 Å². The molecule has 0 amide bonds. The Hall–Kier alpha value is -1.78. The molecule has 18 heavy (non-hydrogen) atoms. The predicted octanol–water partition coefficient (Wildman–Crippen LogP) is 3.59. The largest absolute Gasteiger partial charge is 0.392 e. The topological polar surface area (TPSA) is 33.1 Å². The Bertz CT molecular complexity index is 675. The smallest absolute Gasteiger partial charge is 0.128 e. The van der Waals surface area contributed by atoms with Crippen LogP contribution in [-0.2, 0) is 6.61 Å². The van der Waals surface area contributed by atoms with Crippen LogP contribution in [0, 0.1) is 5.82 Å². The molecule has 0 atom stereocenters. The lowest BCUT2D eigenvalue weighted by molar-refractivity contribution is 0.276. The lowest BCUT2D eigenvalue weighted by atomic mass is 10.1. The third-order valence-corrected chi connectivity index (χ3v) is 3.84. The summed E-state index contributed by atoms with van der Waals surface area (Å²) in [4.78, 5) is 4.50. The molecular weight excluding hydrogens is 249 g/mol. The average Bonchev–Trinajstić information content (AvgIpc) is 2.83. The van der Waals surface area contributed by atoms with Gasteiger partial charge in [-0.05, 0) is 30.3 Å². The zero-order valence-electron chi connectivity index (χ0n) is 9.43. The zero-order chi connectivity index (χ0) is 12.5. The summed E-state index contributed by atoms with van der Waals surface area (Å²) in [6.07, 6.45) is 0. The van der Waals surface area contributed by atoms with Gasteiger partial charge in [-0.25, -0.2) is 9.37 Å². The Morgan fingerprint density at radius 3 is 2.78 bits per heavy atom. The van der Waals surface area contributed by atoms with E-state index in [1.54, 1.807) is 23.5 Å². The molecule has 3 rings (SSSR count). The number of rotatable bonds is 2. The van der Waals surface area contributed by atoms with E-state index < -0.39 is 0 Å². The van der Waals surface area contributed by atoms with Gasteiger partial charge in [-0.3, -0.25) is 0 Å². The fraction of sp³-hybridized carbons (Fsp3) is 0.0714. The van der Waals surface area contributed by atoms with Crippen LogP contribution >= 0.6 is 11.3 Å². The molecule has 0 aliphatic heterocycles. The normalized spacial score (nSPS) is 11.0. The summed E-state index contributed by atoms with van der Waals surface area (Å²) < 4.78 is 14.4. The van der Waals surface area contributed by atoms with Crippen molar-refractivity contribution in [3.8, 4) is 10.6 Å². The van der Waals surface area contributed by atoms with E-state index in [0.717, 1.165) is 20.8 Å². The Balaban J connectivity index is 2.13. The Labute approximate surface area is 107 Å². The molecule has 1 heterocycles. The van der Waals surface area contributed by atoms with Crippen LogP contribution in [0.25, 0.3) is 20.8 Å². The summed E-state index contributed by atoms with van der Waals surface area (Å²) in [6.45, 7) is -0.301. The van der Waals surface area contributed by atoms with Gasteiger partial charge in [0, 0.05) is 11.1 Å². The second kappa shape index (κ2) is 4.48. The van der Waals surface area contributed by atoms with E-state index in [9.17, 15) is 4.39 Å². The van der Waals surface area contributed by atoms with Crippen molar-refractivity contribution in [2.45, 2.75) is 6.61 Å². The van der Waals surface area contributed by atoms with Crippen molar-refractivity contribution in [1.29, 1.82) is 0 Å². The Kier molecular flexibility index (Phi) is 2.81. The highest BCUT2D eigenvalue weighted by molar-refractivity contribution is 7.21. The summed E-state index contributed by atoms with van der Waals surface area (Å²) in [5.74, 6) is -0.387. The first-order valence-electron chi connectivity index (χ1n) is 5.53. The van der Waals surface area contributed by atoms with Crippen LogP contribution < -0.4 is 0 Å². The van der Waals surface area contributed by atoms with Crippen molar-refractivity contribution in [3.05, 3.63) is 53.8 Å². The van der Waals surface area contributed by atoms with E-state index in [1.165, 1.54) is 6.07 Å². The molecule has 0 aliphatic rings. The van der Waals surface area contributed by atoms with Gasteiger partial charge in [-0.2, -0.15) is 0 Å². The minimum Gasteiger partial charge on any atom is -0.392 e. The first-order valence-corrected chi connectivity index (χ1v) is 6.35. The Morgan fingerprint density at radius 1 is 1.17 bits per heavy atom. The minimum absolute atomic E-state index is 0.298. The van der Waals surface area contributed by atoms with Crippen LogP contribution in [0.1, 0.15) is 5.56 Å². The van der Waals surface area contributed by atoms with Crippen LogP contribution in [0.3, 0.4) is 0 Å². The van der Waals surface area contributed by atoms with Gasteiger partial charge in [0.05, 0.1) is 16.8 Å². The lowest BCUT2D eigenvalue weighted by Crippen LogP contribution is -1.90. The monoisotopic (exact) mass is 259 g/mol. The number of para-hydroxylation sites is 1. The second-order valence-corrected chi connectivity index (χ2v) is 4.98. The third-order valence-electron chi connectivity index (χ3n) is 2.76. The number of halogens is 1. The van der Waals surface area contributed by atoms with Crippen molar-refractivity contribution >= 4 is 21.6 Å². The number of hydrogen-bond donors (Lipinski definition) is 1. The summed E-state index contributed by atoms with van der Waals surface area (Å²) in [5, 5.41) is 9.91. The van der Waals surface area contributed by atoms with Crippen LogP contribution in [0.4, 0.5) is 4.39 Å². The summed E-state index contributed by atoms with van der Waals surface area (Å²) >= 11 is 1.56. The van der Waals surface area contributed by atoms with Crippen LogP contribution in [-0.4, -0.2) is 10.1 Å². The van der Waals surface area contributed by atoms with E-state index in [1.807, 2.05) is 24.3 Å². The maximum Gasteiger partial charge on any atom is 0.128 e. The maximum absolute atomic E-state index is 13.3. The number of benzene rings is 2. The van der Waals surface area contributed by atoms with Crippen molar-refractivity contribution in [2.24, 2.45) is 0 Å². The Morgan fingerprint density at radius 2 is 2.00 bits per heavy atom. The second-order valence-electron chi connectivity index (χ2n) is 3.95. The molecule has 0 spiro atoms. The molecule has 4 heteroatoms. The number of aliphatic hydroxyl groups excluding tert-OH is 1. The molecule has 1 aromatic heterocycles. The molecule has 0 saturated carbocycles. The van der Waals surface area contributed by atoms with Crippen LogP contribution in [0.15, 0.2) is 42.5 Å². The zero-order valence-corrected chi connectivity index (χ0v) is 10.2. The van der Waals surface area contributed by atoms with E-state index in [0.29, 0.717) is 5.56 Å². The molecule has 0 aliphatic carbocycles. The van der Waals surface area contributed by atoms with Crippen LogP contribution in [0.5, 0.6) is 0 Å². The van der Waals surface area contributed by atoms with E-state index in [-0.39, 0.29) is 12.4 Å². The molecular formula is C14H10FNOS. The van der Waals surface area contributed by atoms with Gasteiger partial charge in [0.2, 0.25) is 0 Å². The summed E-state index contributed by atoms with van der Waals surface area (Å²) in [6, 6.07) is 12.6. The molecule has 2 nitrogen and oxygen atoms in total. The lowest BCUT2D eigenvalue weighted by Gasteiger charge is -2.01. The highest BCUT2D eigenvalue weighted by Gasteiger charge is 2.08. The van der Waals surface area contributed by atoms with E-state index in [2.05, 4.69) is 4.98 Å². The van der Waals surface area contributed by atoms with Crippen molar-refractivity contribution < 1.29 is 9.50 Å². The average molecular weight is 259 g/mol. The van der Waals surface area contributed by atoms with Crippen molar-refractivity contribution in [2.75, 3.05) is 0 Å². The van der Waals surface area contributed by atoms with Gasteiger partial charge in [-0.15, -0.1) is 11.3 Å². The maximum atomic E-state index is 13.3. The fourth-order valence-corrected chi connectivity index (χ4v) is 2.79. The number of nitrogens with zero attached hydrogens (tertiary/aromatic N) is 1. The van der Waals surface area contributed by atoms with Gasteiger partial charge in [0.25, 0.3) is 0 Å². The van der Waals surface area contributed by atoms with Gasteiger partial charge in [0.1, 0.15) is 10.8 Å². The number of aromatic nitrogens is 1. The molecule has 1 N–H and O–H groups in total. The fourth-order valence-electron chi connectivity index (χ4n) is 1.82. The number of fused-ring (bicyclic) bond motifs is 1. The van der Waals surface area contributed by atoms with Gasteiger partial charge < -0.3 is 5.11 Å². The van der Waals surface area contributed by atoms with Gasteiger partial charge in [0.15, 0.2) is 0 Å². The summed E-state index contributed by atoms with van der Waals surface area (Å²) in [7, 11) is 0. The van der Waals surface area contributed by atoms with Gasteiger partial charge in [-0.1, -0.05) is 12.1 Å². The molecule has 3 aromatic rings. The van der Waals surface area contributed by atoms with Crippen molar-refractivity contribution in [3.63, 3.8) is 0 Å². The molecule has 2 aromatic carbocycles. The molecule has 90 valence electrons. The predicted molar refractivity (Wildman–Crippen MR) is 70.9 cm³/mol. The first kappa shape index (κ1) is 11.3. The minimum atomic E-state index is -0.387. The first-order chi connectivity index (χ1) is 8.78. The SMILES string of the molecule is OCc1cc(-c2nc3ccccc3s2)ccc1F. The highest BCUT2D eigenvalue weighted by atomic mass is 32.1. The number of hydrogen-bond acceptors (Lipinski definition) is 3. The molecule has 0 bridgehead atoms. The molecule has 0 radical (unpaired) electrons. The molecule has 0 unspecified atom stereocenters. The van der Waals surface area contributed by atoms with Gasteiger partial charge >= 0.3 is 0 Å². The third kappa shape index (κ3) is 1.89. The molecule has 0 fully saturated rings. The number of thiazole rings is 1. The van der Waals surface area contributed by atoms with Crippen LogP contribution in [0.2, 0.25) is 0 Å². The standard InChI is InChI=1S/C14H10FNOS/c15-11-6-5-9(7-10(11)8-17)14-16-12-3-1-2-4-13(12)18-14/h1-7,17H,8H2. The highest BCUT2D eigenvalue weighted by Crippen LogP contribution is 2.30. The molecule has 0 saturated heterocycles. The van der Waals surface area contributed by atoms with Crippen molar-refractivity contribution in [1.82, 2.24) is 4.98 Å². The quantitative estimate of drug-likeness (QED) is 0.763. The summed E-state index contributed by atoms with van der Waals surface area (Å²) in [5.41, 5.74) is 2.07.